The van der Waals surface area contributed by atoms with Crippen LogP contribution in [0.4, 0.5) is 0 Å². The number of carbonyl (C=O) groups excluding carboxylic acids is 2. The van der Waals surface area contributed by atoms with Crippen LogP contribution >= 0.6 is 11.6 Å². The Morgan fingerprint density at radius 3 is 2.55 bits per heavy atom. The van der Waals surface area contributed by atoms with Crippen LogP contribution in [0.25, 0.3) is 0 Å². The molecule has 4 nitrogen and oxygen atoms in total. The summed E-state index contributed by atoms with van der Waals surface area (Å²) >= 11 is 6.08. The van der Waals surface area contributed by atoms with Gasteiger partial charge >= 0.3 is 0 Å². The summed E-state index contributed by atoms with van der Waals surface area (Å²) in [6.45, 7) is 2.14. The van der Waals surface area contributed by atoms with Crippen molar-refractivity contribution in [2.75, 3.05) is 19.6 Å². The van der Waals surface area contributed by atoms with Crippen molar-refractivity contribution in [3.8, 4) is 0 Å². The minimum Gasteiger partial charge on any atom is -0.356 e. The third-order valence-electron chi connectivity index (χ3n) is 4.41. The van der Waals surface area contributed by atoms with E-state index in [0.29, 0.717) is 30.1 Å². The fraction of sp³-hybridized carbons (Fsp3) is 0.467. The van der Waals surface area contributed by atoms with E-state index < -0.39 is 0 Å². The van der Waals surface area contributed by atoms with E-state index in [1.54, 1.807) is 12.1 Å². The predicted octanol–water partition coefficient (Wildman–Crippen LogP) is 2.08. The minimum absolute atomic E-state index is 0.0114. The molecule has 2 amide bonds. The van der Waals surface area contributed by atoms with Gasteiger partial charge in [0.25, 0.3) is 5.91 Å². The van der Waals surface area contributed by atoms with E-state index >= 15 is 0 Å². The smallest absolute Gasteiger partial charge is 0.255 e. The van der Waals surface area contributed by atoms with Crippen molar-refractivity contribution >= 4 is 23.4 Å². The van der Waals surface area contributed by atoms with Crippen molar-refractivity contribution in [3.63, 3.8) is 0 Å². The number of carbonyl (C=O) groups is 2. The quantitative estimate of drug-likeness (QED) is 0.861. The molecule has 0 aromatic heterocycles. The molecule has 2 fully saturated rings. The van der Waals surface area contributed by atoms with Gasteiger partial charge in [-0.1, -0.05) is 23.7 Å². The Balaban J connectivity index is 1.68. The highest BCUT2D eigenvalue weighted by molar-refractivity contribution is 6.33. The summed E-state index contributed by atoms with van der Waals surface area (Å²) in [6, 6.07) is 7.14. The molecule has 2 aliphatic rings. The molecule has 0 aliphatic carbocycles. The van der Waals surface area contributed by atoms with Crippen molar-refractivity contribution in [3.05, 3.63) is 34.9 Å². The van der Waals surface area contributed by atoms with E-state index in [1.165, 1.54) is 0 Å². The summed E-state index contributed by atoms with van der Waals surface area (Å²) in [5.41, 5.74) is 0.625. The number of piperidine rings is 1. The summed E-state index contributed by atoms with van der Waals surface area (Å²) in [4.78, 5) is 25.7. The van der Waals surface area contributed by atoms with Gasteiger partial charge in [-0.25, -0.2) is 0 Å². The second-order valence-electron chi connectivity index (χ2n) is 5.73. The lowest BCUT2D eigenvalue weighted by Gasteiger charge is -2.38. The first-order valence-corrected chi connectivity index (χ1v) is 7.28. The molecule has 20 heavy (non-hydrogen) atoms. The Labute approximate surface area is 123 Å². The van der Waals surface area contributed by atoms with Crippen LogP contribution in [0.5, 0.6) is 0 Å². The monoisotopic (exact) mass is 292 g/mol. The number of likely N-dealkylation sites (tertiary alicyclic amines) is 1. The van der Waals surface area contributed by atoms with E-state index in [4.69, 9.17) is 11.6 Å². The summed E-state index contributed by atoms with van der Waals surface area (Å²) < 4.78 is 0. The first-order valence-electron chi connectivity index (χ1n) is 6.90. The topological polar surface area (TPSA) is 49.4 Å². The summed E-state index contributed by atoms with van der Waals surface area (Å²) in [6.07, 6.45) is 2.35. The van der Waals surface area contributed by atoms with Crippen LogP contribution in [0.15, 0.2) is 24.3 Å². The molecule has 2 aliphatic heterocycles. The van der Waals surface area contributed by atoms with Crippen LogP contribution in [0, 0.1) is 5.41 Å². The second-order valence-corrected chi connectivity index (χ2v) is 6.13. The Bertz CT molecular complexity index is 551. The normalized spacial score (nSPS) is 21.1. The zero-order valence-electron chi connectivity index (χ0n) is 11.2. The van der Waals surface area contributed by atoms with Gasteiger partial charge in [-0.2, -0.15) is 0 Å². The van der Waals surface area contributed by atoms with Gasteiger partial charge < -0.3 is 10.2 Å². The summed E-state index contributed by atoms with van der Waals surface area (Å²) in [5.74, 6) is 0.124. The van der Waals surface area contributed by atoms with Crippen molar-refractivity contribution in [1.82, 2.24) is 10.2 Å². The lowest BCUT2D eigenvalue weighted by atomic mass is 9.77. The first kappa shape index (κ1) is 13.4. The van der Waals surface area contributed by atoms with Crippen LogP contribution in [0.2, 0.25) is 5.02 Å². The Hall–Kier alpha value is -1.55. The molecule has 0 saturated carbocycles. The standard InChI is InChI=1S/C15H17ClN2O2/c16-12-4-2-1-3-11(12)14(20)18-7-5-15(6-8-18)9-13(19)17-10-15/h1-4H,5-10H2,(H,17,19). The SMILES string of the molecule is O=C1CC2(CCN(C(=O)c3ccccc3Cl)CC2)CN1. The van der Waals surface area contributed by atoms with Gasteiger partial charge in [0, 0.05) is 26.1 Å². The Morgan fingerprint density at radius 2 is 1.95 bits per heavy atom. The molecule has 1 N–H and O–H groups in total. The average molecular weight is 293 g/mol. The van der Waals surface area contributed by atoms with Crippen molar-refractivity contribution in [2.24, 2.45) is 5.41 Å². The van der Waals surface area contributed by atoms with Gasteiger partial charge in [-0.3, -0.25) is 9.59 Å². The molecule has 0 unspecified atom stereocenters. The molecule has 0 atom stereocenters. The number of rotatable bonds is 1. The molecule has 1 aromatic carbocycles. The molecular formula is C15H17ClN2O2. The van der Waals surface area contributed by atoms with E-state index in [-0.39, 0.29) is 17.2 Å². The second kappa shape index (κ2) is 5.09. The maximum Gasteiger partial charge on any atom is 0.255 e. The summed E-state index contributed by atoms with van der Waals surface area (Å²) in [5, 5.41) is 3.40. The van der Waals surface area contributed by atoms with Crippen molar-refractivity contribution < 1.29 is 9.59 Å². The maximum atomic E-state index is 12.4. The van der Waals surface area contributed by atoms with Crippen LogP contribution in [-0.4, -0.2) is 36.3 Å². The number of nitrogens with zero attached hydrogens (tertiary/aromatic N) is 1. The molecule has 1 aromatic rings. The molecule has 5 heteroatoms. The number of hydrogen-bond donors (Lipinski definition) is 1. The maximum absolute atomic E-state index is 12.4. The highest BCUT2D eigenvalue weighted by Gasteiger charge is 2.41. The molecule has 1 spiro atoms. The van der Waals surface area contributed by atoms with Gasteiger partial charge in [0.2, 0.25) is 5.91 Å². The molecule has 3 rings (SSSR count). The molecule has 2 heterocycles. The predicted molar refractivity (Wildman–Crippen MR) is 76.6 cm³/mol. The van der Waals surface area contributed by atoms with Gasteiger partial charge in [-0.15, -0.1) is 0 Å². The third-order valence-corrected chi connectivity index (χ3v) is 4.74. The van der Waals surface area contributed by atoms with Crippen molar-refractivity contribution in [2.45, 2.75) is 19.3 Å². The van der Waals surface area contributed by atoms with Crippen LogP contribution in [0.1, 0.15) is 29.6 Å². The highest BCUT2D eigenvalue weighted by Crippen LogP contribution is 2.37. The molecule has 0 bridgehead atoms. The van der Waals surface area contributed by atoms with Gasteiger partial charge in [0.1, 0.15) is 0 Å². The fourth-order valence-electron chi connectivity index (χ4n) is 3.09. The number of benzene rings is 1. The number of nitrogens with one attached hydrogen (secondary N) is 1. The van der Waals surface area contributed by atoms with E-state index in [9.17, 15) is 9.59 Å². The first-order chi connectivity index (χ1) is 9.60. The summed E-state index contributed by atoms with van der Waals surface area (Å²) in [7, 11) is 0. The van der Waals surface area contributed by atoms with Crippen LogP contribution < -0.4 is 5.32 Å². The number of amides is 2. The zero-order chi connectivity index (χ0) is 14.2. The van der Waals surface area contributed by atoms with Gasteiger partial charge in [-0.05, 0) is 30.4 Å². The van der Waals surface area contributed by atoms with Crippen LogP contribution in [0.3, 0.4) is 0 Å². The van der Waals surface area contributed by atoms with Crippen LogP contribution in [-0.2, 0) is 4.79 Å². The lowest BCUT2D eigenvalue weighted by molar-refractivity contribution is -0.119. The highest BCUT2D eigenvalue weighted by atomic mass is 35.5. The minimum atomic E-state index is -0.0114. The lowest BCUT2D eigenvalue weighted by Crippen LogP contribution is -2.44. The Morgan fingerprint density at radius 1 is 1.25 bits per heavy atom. The average Bonchev–Trinajstić information content (AvgIpc) is 2.81. The largest absolute Gasteiger partial charge is 0.356 e. The third kappa shape index (κ3) is 2.40. The van der Waals surface area contributed by atoms with Crippen molar-refractivity contribution in [1.29, 1.82) is 0 Å². The van der Waals surface area contributed by atoms with E-state index in [0.717, 1.165) is 19.4 Å². The van der Waals surface area contributed by atoms with Gasteiger partial charge in [0.05, 0.1) is 10.6 Å². The number of hydrogen-bond acceptors (Lipinski definition) is 2. The molecular weight excluding hydrogens is 276 g/mol. The zero-order valence-corrected chi connectivity index (χ0v) is 11.9. The van der Waals surface area contributed by atoms with E-state index in [2.05, 4.69) is 5.32 Å². The van der Waals surface area contributed by atoms with E-state index in [1.807, 2.05) is 17.0 Å². The number of halogens is 1. The molecule has 0 radical (unpaired) electrons. The Kier molecular flexibility index (Phi) is 3.42. The van der Waals surface area contributed by atoms with Gasteiger partial charge in [0.15, 0.2) is 0 Å². The molecule has 106 valence electrons. The fourth-order valence-corrected chi connectivity index (χ4v) is 3.31. The molecule has 2 saturated heterocycles.